The molecule has 1 heterocycles. The molecule has 0 saturated heterocycles. The highest BCUT2D eigenvalue weighted by molar-refractivity contribution is 7.22. The van der Waals surface area contributed by atoms with Crippen molar-refractivity contribution in [2.45, 2.75) is 39.5 Å². The number of thiazole rings is 1. The van der Waals surface area contributed by atoms with Crippen molar-refractivity contribution < 1.29 is 0 Å². The summed E-state index contributed by atoms with van der Waals surface area (Å²) in [5.74, 6) is 0. The van der Waals surface area contributed by atoms with E-state index in [0.717, 1.165) is 11.9 Å². The third kappa shape index (κ3) is 1.92. The lowest BCUT2D eigenvalue weighted by Crippen LogP contribution is -2.13. The Bertz CT molecular complexity index is 520. The molecule has 2 nitrogen and oxygen atoms in total. The summed E-state index contributed by atoms with van der Waals surface area (Å²) in [4.78, 5) is 4.36. The largest absolute Gasteiger partial charge is 0.375 e. The summed E-state index contributed by atoms with van der Waals surface area (Å²) in [5, 5.41) is 0.656. The average molecular weight is 234 g/mol. The molecule has 0 saturated carbocycles. The van der Waals surface area contributed by atoms with E-state index < -0.39 is 0 Å². The van der Waals surface area contributed by atoms with Gasteiger partial charge in [0.15, 0.2) is 5.13 Å². The first kappa shape index (κ1) is 11.4. The molecule has 0 atom stereocenters. The monoisotopic (exact) mass is 234 g/mol. The Labute approximate surface area is 101 Å². The second-order valence-electron chi connectivity index (χ2n) is 5.13. The molecule has 0 unspecified atom stereocenters. The van der Waals surface area contributed by atoms with Gasteiger partial charge < -0.3 is 5.73 Å². The van der Waals surface area contributed by atoms with E-state index in [-0.39, 0.29) is 5.41 Å². The minimum Gasteiger partial charge on any atom is -0.375 e. The lowest BCUT2D eigenvalue weighted by atomic mass is 9.83. The molecule has 86 valence electrons. The van der Waals surface area contributed by atoms with Crippen LogP contribution < -0.4 is 5.73 Å². The molecule has 0 aliphatic rings. The van der Waals surface area contributed by atoms with Crippen molar-refractivity contribution in [1.82, 2.24) is 4.98 Å². The van der Waals surface area contributed by atoms with Crippen molar-refractivity contribution in [3.63, 3.8) is 0 Å². The fraction of sp³-hybridized carbons (Fsp3) is 0.462. The van der Waals surface area contributed by atoms with E-state index in [0.29, 0.717) is 5.13 Å². The third-order valence-corrected chi connectivity index (χ3v) is 3.67. The SMILES string of the molecule is CCc1cc2sc(N)nc2cc1C(C)(C)C. The fourth-order valence-electron chi connectivity index (χ4n) is 2.02. The molecule has 2 rings (SSSR count). The van der Waals surface area contributed by atoms with Gasteiger partial charge in [0.2, 0.25) is 0 Å². The maximum Gasteiger partial charge on any atom is 0.181 e. The number of benzene rings is 1. The van der Waals surface area contributed by atoms with E-state index in [1.807, 2.05) is 0 Å². The van der Waals surface area contributed by atoms with Crippen LogP contribution in [-0.4, -0.2) is 4.98 Å². The zero-order chi connectivity index (χ0) is 11.9. The van der Waals surface area contributed by atoms with E-state index in [1.165, 1.54) is 15.8 Å². The molecule has 1 aromatic heterocycles. The van der Waals surface area contributed by atoms with E-state index in [4.69, 9.17) is 5.73 Å². The first-order valence-corrected chi connectivity index (χ1v) is 6.43. The molecule has 2 N–H and O–H groups in total. The number of aryl methyl sites for hydroxylation is 1. The van der Waals surface area contributed by atoms with Gasteiger partial charge in [-0.15, -0.1) is 0 Å². The van der Waals surface area contributed by atoms with E-state index in [1.54, 1.807) is 11.3 Å². The second kappa shape index (κ2) is 3.74. The number of aromatic nitrogens is 1. The van der Waals surface area contributed by atoms with Gasteiger partial charge in [0.1, 0.15) is 0 Å². The average Bonchev–Trinajstić information content (AvgIpc) is 2.53. The molecular weight excluding hydrogens is 216 g/mol. The smallest absolute Gasteiger partial charge is 0.181 e. The van der Waals surface area contributed by atoms with Crippen molar-refractivity contribution >= 4 is 26.7 Å². The van der Waals surface area contributed by atoms with Crippen molar-refractivity contribution in [2.24, 2.45) is 0 Å². The van der Waals surface area contributed by atoms with Crippen LogP contribution in [0.25, 0.3) is 10.2 Å². The maximum atomic E-state index is 5.75. The molecule has 16 heavy (non-hydrogen) atoms. The number of fused-ring (bicyclic) bond motifs is 1. The molecule has 3 heteroatoms. The molecule has 0 aliphatic heterocycles. The Balaban J connectivity index is 2.72. The van der Waals surface area contributed by atoms with Crippen LogP contribution in [0.1, 0.15) is 38.8 Å². The lowest BCUT2D eigenvalue weighted by Gasteiger charge is -2.22. The molecule has 0 amide bonds. The van der Waals surface area contributed by atoms with Gasteiger partial charge in [0.05, 0.1) is 10.2 Å². The molecule has 1 aromatic carbocycles. The van der Waals surface area contributed by atoms with Gasteiger partial charge >= 0.3 is 0 Å². The summed E-state index contributed by atoms with van der Waals surface area (Å²) in [6.45, 7) is 8.91. The predicted molar refractivity (Wildman–Crippen MR) is 72.1 cm³/mol. The van der Waals surface area contributed by atoms with Crippen LogP contribution in [-0.2, 0) is 11.8 Å². The standard InChI is InChI=1S/C13H18N2S/c1-5-8-6-11-10(15-12(14)16-11)7-9(8)13(2,3)4/h6-7H,5H2,1-4H3,(H2,14,15). The Morgan fingerprint density at radius 1 is 1.31 bits per heavy atom. The molecule has 0 fully saturated rings. The second-order valence-corrected chi connectivity index (χ2v) is 6.19. The molecule has 0 aliphatic carbocycles. The highest BCUT2D eigenvalue weighted by Crippen LogP contribution is 2.33. The van der Waals surface area contributed by atoms with Gasteiger partial charge in [-0.05, 0) is 35.1 Å². The summed E-state index contributed by atoms with van der Waals surface area (Å²) in [6, 6.07) is 4.44. The van der Waals surface area contributed by atoms with Crippen LogP contribution in [0.3, 0.4) is 0 Å². The zero-order valence-electron chi connectivity index (χ0n) is 10.3. The van der Waals surface area contributed by atoms with E-state index in [9.17, 15) is 0 Å². The molecule has 0 radical (unpaired) electrons. The van der Waals surface area contributed by atoms with Gasteiger partial charge in [-0.1, -0.05) is 39.0 Å². The first-order valence-electron chi connectivity index (χ1n) is 5.61. The Hall–Kier alpha value is -1.09. The summed E-state index contributed by atoms with van der Waals surface area (Å²) in [7, 11) is 0. The molecule has 0 bridgehead atoms. The van der Waals surface area contributed by atoms with Crippen molar-refractivity contribution in [2.75, 3.05) is 5.73 Å². The number of rotatable bonds is 1. The van der Waals surface area contributed by atoms with Gasteiger partial charge in [0.25, 0.3) is 0 Å². The summed E-state index contributed by atoms with van der Waals surface area (Å²) < 4.78 is 1.20. The highest BCUT2D eigenvalue weighted by atomic mass is 32.1. The predicted octanol–water partition coefficient (Wildman–Crippen LogP) is 3.74. The van der Waals surface area contributed by atoms with Crippen molar-refractivity contribution in [3.8, 4) is 0 Å². The number of hydrogen-bond acceptors (Lipinski definition) is 3. The van der Waals surface area contributed by atoms with Gasteiger partial charge in [0, 0.05) is 0 Å². The van der Waals surface area contributed by atoms with E-state index in [2.05, 4.69) is 44.8 Å². The topological polar surface area (TPSA) is 38.9 Å². The number of hydrogen-bond donors (Lipinski definition) is 1. The van der Waals surface area contributed by atoms with Crippen LogP contribution in [0, 0.1) is 0 Å². The first-order chi connectivity index (χ1) is 7.41. The minimum absolute atomic E-state index is 0.165. The summed E-state index contributed by atoms with van der Waals surface area (Å²) >= 11 is 1.57. The summed E-state index contributed by atoms with van der Waals surface area (Å²) in [6.07, 6.45) is 1.06. The van der Waals surface area contributed by atoms with Crippen LogP contribution in [0.5, 0.6) is 0 Å². The quantitative estimate of drug-likeness (QED) is 0.816. The Morgan fingerprint density at radius 2 is 2.00 bits per heavy atom. The van der Waals surface area contributed by atoms with Gasteiger partial charge in [-0.25, -0.2) is 4.98 Å². The maximum absolute atomic E-state index is 5.75. The van der Waals surface area contributed by atoms with Crippen molar-refractivity contribution in [1.29, 1.82) is 0 Å². The number of nitrogens with two attached hydrogens (primary N) is 1. The van der Waals surface area contributed by atoms with Crippen LogP contribution in [0.15, 0.2) is 12.1 Å². The van der Waals surface area contributed by atoms with Gasteiger partial charge in [-0.3, -0.25) is 0 Å². The van der Waals surface area contributed by atoms with Crippen molar-refractivity contribution in [3.05, 3.63) is 23.3 Å². The van der Waals surface area contributed by atoms with E-state index >= 15 is 0 Å². The third-order valence-electron chi connectivity index (χ3n) is 2.82. The number of nitrogen functional groups attached to an aromatic ring is 1. The summed E-state index contributed by atoms with van der Waals surface area (Å²) in [5.41, 5.74) is 9.73. The molecular formula is C13H18N2S. The molecule has 0 spiro atoms. The van der Waals surface area contributed by atoms with Gasteiger partial charge in [-0.2, -0.15) is 0 Å². The molecule has 2 aromatic rings. The number of nitrogens with zero attached hydrogens (tertiary/aromatic N) is 1. The highest BCUT2D eigenvalue weighted by Gasteiger charge is 2.18. The Kier molecular flexibility index (Phi) is 2.66. The number of anilines is 1. The lowest BCUT2D eigenvalue weighted by molar-refractivity contribution is 0.584. The van der Waals surface area contributed by atoms with Crippen LogP contribution >= 0.6 is 11.3 Å². The zero-order valence-corrected chi connectivity index (χ0v) is 11.1. The fourth-order valence-corrected chi connectivity index (χ4v) is 2.80. The minimum atomic E-state index is 0.165. The van der Waals surface area contributed by atoms with Crippen LogP contribution in [0.4, 0.5) is 5.13 Å². The normalized spacial score (nSPS) is 12.2. The van der Waals surface area contributed by atoms with Crippen LogP contribution in [0.2, 0.25) is 0 Å². The Morgan fingerprint density at radius 3 is 2.56 bits per heavy atom.